The van der Waals surface area contributed by atoms with Crippen LogP contribution >= 0.6 is 0 Å². The van der Waals surface area contributed by atoms with E-state index in [0.29, 0.717) is 0 Å². The second kappa shape index (κ2) is 5.76. The molecule has 1 aromatic heterocycles. The zero-order valence-corrected chi connectivity index (χ0v) is 10.8. The molecule has 2 nitrogen and oxygen atoms in total. The minimum atomic E-state index is 1.08. The normalized spacial score (nSPS) is 10.9. The van der Waals surface area contributed by atoms with Gasteiger partial charge in [-0.2, -0.15) is 0 Å². The van der Waals surface area contributed by atoms with Gasteiger partial charge in [0.15, 0.2) is 7.05 Å². The van der Waals surface area contributed by atoms with Gasteiger partial charge in [0.1, 0.15) is 5.52 Å². The Morgan fingerprint density at radius 2 is 1.94 bits per heavy atom. The Bertz CT molecular complexity index is 491. The number of benzene rings is 1. The molecule has 2 heteroatoms. The van der Waals surface area contributed by atoms with Gasteiger partial charge in [-0.1, -0.05) is 49.1 Å². The van der Waals surface area contributed by atoms with Crippen molar-refractivity contribution < 1.29 is 4.68 Å². The maximum Gasteiger partial charge on any atom is 0.208 e. The molecular weight excluding hydrogens is 208 g/mol. The number of aryl methyl sites for hydroxylation is 2. The van der Waals surface area contributed by atoms with E-state index in [-0.39, 0.29) is 0 Å². The maximum atomic E-state index is 4.59. The van der Waals surface area contributed by atoms with E-state index < -0.39 is 0 Å². The number of hydrogen-bond donors (Lipinski definition) is 0. The summed E-state index contributed by atoms with van der Waals surface area (Å²) in [6.07, 6.45) is 6.35. The monoisotopic (exact) mass is 229 g/mol. The zero-order valence-electron chi connectivity index (χ0n) is 10.8. The molecule has 0 saturated heterocycles. The molecule has 0 radical (unpaired) electrons. The van der Waals surface area contributed by atoms with Gasteiger partial charge in [0.25, 0.3) is 0 Å². The topological polar surface area (TPSA) is 16.8 Å². The first-order valence-corrected chi connectivity index (χ1v) is 6.56. The lowest BCUT2D eigenvalue weighted by atomic mass is 10.1. The van der Waals surface area contributed by atoms with Crippen LogP contribution in [0, 0.1) is 0 Å². The molecule has 2 rings (SSSR count). The molecule has 0 bridgehead atoms. The second-order valence-electron chi connectivity index (χ2n) is 4.63. The van der Waals surface area contributed by atoms with E-state index in [1.54, 1.807) is 0 Å². The Morgan fingerprint density at radius 1 is 1.12 bits per heavy atom. The Kier molecular flexibility index (Phi) is 4.08. The van der Waals surface area contributed by atoms with E-state index in [4.69, 9.17) is 0 Å². The fourth-order valence-electron chi connectivity index (χ4n) is 2.17. The Balaban J connectivity index is 2.14. The Hall–Kier alpha value is -1.44. The first-order chi connectivity index (χ1) is 8.31. The van der Waals surface area contributed by atoms with Crippen molar-refractivity contribution in [1.29, 1.82) is 0 Å². The predicted octanol–water partition coefficient (Wildman–Crippen LogP) is 3.18. The highest BCUT2D eigenvalue weighted by atomic mass is 15.2. The summed E-state index contributed by atoms with van der Waals surface area (Å²) >= 11 is 0. The second-order valence-corrected chi connectivity index (χ2v) is 4.63. The van der Waals surface area contributed by atoms with Crippen molar-refractivity contribution in [1.82, 2.24) is 5.10 Å². The highest BCUT2D eigenvalue weighted by Gasteiger charge is 2.09. The smallest absolute Gasteiger partial charge is 0.0906 e. The number of aromatic nitrogens is 2. The van der Waals surface area contributed by atoms with Gasteiger partial charge in [-0.25, -0.2) is 0 Å². The van der Waals surface area contributed by atoms with Crippen molar-refractivity contribution >= 4 is 10.9 Å². The highest BCUT2D eigenvalue weighted by molar-refractivity contribution is 5.77. The third kappa shape index (κ3) is 3.02. The SMILES string of the molecule is CCCCCCc1cc2ccccc2n[n+]1C. The number of hydrogen-bond acceptors (Lipinski definition) is 1. The number of fused-ring (bicyclic) bond motifs is 1. The van der Waals surface area contributed by atoms with E-state index >= 15 is 0 Å². The summed E-state index contributed by atoms with van der Waals surface area (Å²) < 4.78 is 2.02. The number of rotatable bonds is 5. The van der Waals surface area contributed by atoms with Crippen molar-refractivity contribution in [2.45, 2.75) is 39.0 Å². The van der Waals surface area contributed by atoms with Gasteiger partial charge in [0.05, 0.1) is 0 Å². The molecular formula is C15H21N2+. The molecule has 0 fully saturated rings. The summed E-state index contributed by atoms with van der Waals surface area (Å²) in [7, 11) is 2.04. The molecule has 1 aromatic carbocycles. The minimum absolute atomic E-state index is 1.08. The lowest BCUT2D eigenvalue weighted by Crippen LogP contribution is -2.37. The van der Waals surface area contributed by atoms with Crippen LogP contribution in [-0.4, -0.2) is 5.10 Å². The van der Waals surface area contributed by atoms with Gasteiger partial charge >= 0.3 is 0 Å². The molecule has 0 unspecified atom stereocenters. The molecule has 0 atom stereocenters. The third-order valence-corrected chi connectivity index (χ3v) is 3.22. The molecule has 0 N–H and O–H groups in total. The van der Waals surface area contributed by atoms with Crippen molar-refractivity contribution in [3.63, 3.8) is 0 Å². The van der Waals surface area contributed by atoms with Crippen molar-refractivity contribution in [3.8, 4) is 0 Å². The van der Waals surface area contributed by atoms with Crippen LogP contribution in [-0.2, 0) is 13.5 Å². The van der Waals surface area contributed by atoms with Gasteiger partial charge in [-0.15, -0.1) is 0 Å². The summed E-state index contributed by atoms with van der Waals surface area (Å²) in [6, 6.07) is 10.6. The lowest BCUT2D eigenvalue weighted by Gasteiger charge is -2.01. The first kappa shape index (κ1) is 12.0. The molecule has 2 aromatic rings. The van der Waals surface area contributed by atoms with Crippen LogP contribution in [0.25, 0.3) is 10.9 Å². The van der Waals surface area contributed by atoms with Gasteiger partial charge in [-0.3, -0.25) is 0 Å². The van der Waals surface area contributed by atoms with Gasteiger partial charge in [0, 0.05) is 23.0 Å². The fourth-order valence-corrected chi connectivity index (χ4v) is 2.17. The molecule has 0 spiro atoms. The largest absolute Gasteiger partial charge is 0.208 e. The van der Waals surface area contributed by atoms with Gasteiger partial charge in [0.2, 0.25) is 5.69 Å². The molecule has 0 aliphatic rings. The van der Waals surface area contributed by atoms with Crippen LogP contribution < -0.4 is 4.68 Å². The van der Waals surface area contributed by atoms with Gasteiger partial charge in [-0.05, 0) is 12.5 Å². The van der Waals surface area contributed by atoms with Crippen LogP contribution in [0.3, 0.4) is 0 Å². The van der Waals surface area contributed by atoms with Crippen molar-refractivity contribution in [2.24, 2.45) is 7.05 Å². The lowest BCUT2D eigenvalue weighted by molar-refractivity contribution is -0.735. The van der Waals surface area contributed by atoms with Gasteiger partial charge < -0.3 is 0 Å². The Labute approximate surface area is 103 Å². The van der Waals surface area contributed by atoms with Crippen LogP contribution in [0.15, 0.2) is 30.3 Å². The van der Waals surface area contributed by atoms with E-state index in [1.807, 2.05) is 17.8 Å². The Morgan fingerprint density at radius 3 is 2.76 bits per heavy atom. The summed E-state index contributed by atoms with van der Waals surface area (Å²) in [5.41, 5.74) is 2.41. The molecule has 1 heterocycles. The summed E-state index contributed by atoms with van der Waals surface area (Å²) in [5.74, 6) is 0. The average Bonchev–Trinajstić information content (AvgIpc) is 2.35. The molecule has 17 heavy (non-hydrogen) atoms. The molecule has 0 aliphatic carbocycles. The highest BCUT2D eigenvalue weighted by Crippen LogP contribution is 2.11. The van der Waals surface area contributed by atoms with Crippen LogP contribution in [0.1, 0.15) is 38.3 Å². The van der Waals surface area contributed by atoms with Crippen molar-refractivity contribution in [2.75, 3.05) is 0 Å². The fraction of sp³-hybridized carbons (Fsp3) is 0.467. The van der Waals surface area contributed by atoms with Crippen LogP contribution in [0.4, 0.5) is 0 Å². The summed E-state index contributed by atoms with van der Waals surface area (Å²) in [5, 5.41) is 5.84. The predicted molar refractivity (Wildman–Crippen MR) is 70.8 cm³/mol. The van der Waals surface area contributed by atoms with Crippen molar-refractivity contribution in [3.05, 3.63) is 36.0 Å². The number of unbranched alkanes of at least 4 members (excludes halogenated alkanes) is 3. The molecule has 0 aliphatic heterocycles. The van der Waals surface area contributed by atoms with E-state index in [1.165, 1.54) is 36.8 Å². The standard InChI is InChI=1S/C15H21N2/c1-3-4-5-6-10-14-12-13-9-7-8-11-15(13)16-17(14)2/h7-9,11-12H,3-6,10H2,1-2H3/q+1. The van der Waals surface area contributed by atoms with E-state index in [0.717, 1.165) is 11.9 Å². The quantitative estimate of drug-likeness (QED) is 0.568. The molecule has 0 saturated carbocycles. The number of nitrogens with zero attached hydrogens (tertiary/aromatic N) is 2. The third-order valence-electron chi connectivity index (χ3n) is 3.22. The van der Waals surface area contributed by atoms with E-state index in [2.05, 4.69) is 36.3 Å². The van der Waals surface area contributed by atoms with Crippen LogP contribution in [0.5, 0.6) is 0 Å². The first-order valence-electron chi connectivity index (χ1n) is 6.56. The van der Waals surface area contributed by atoms with Crippen LogP contribution in [0.2, 0.25) is 0 Å². The maximum absolute atomic E-state index is 4.59. The minimum Gasteiger partial charge on any atom is -0.0906 e. The average molecular weight is 229 g/mol. The summed E-state index contributed by atoms with van der Waals surface area (Å²) in [6.45, 7) is 2.25. The summed E-state index contributed by atoms with van der Waals surface area (Å²) in [4.78, 5) is 0. The zero-order chi connectivity index (χ0) is 12.1. The molecule has 90 valence electrons. The molecule has 0 amide bonds. The van der Waals surface area contributed by atoms with E-state index in [9.17, 15) is 0 Å².